The molecule has 7 nitrogen and oxygen atoms in total. The molecule has 3 aromatic carbocycles. The number of nitrogens with zero attached hydrogens (tertiary/aromatic N) is 3. The van der Waals surface area contributed by atoms with Crippen molar-refractivity contribution in [2.24, 2.45) is 0 Å². The van der Waals surface area contributed by atoms with Gasteiger partial charge in [0.1, 0.15) is 5.75 Å². The fourth-order valence-corrected chi connectivity index (χ4v) is 4.69. The number of ether oxygens (including phenoxy) is 1. The number of carbonyl (C=O) groups excluding carboxylic acids is 1. The van der Waals surface area contributed by atoms with E-state index in [0.29, 0.717) is 28.8 Å². The van der Waals surface area contributed by atoms with Crippen LogP contribution in [0.25, 0.3) is 17.0 Å². The smallest absolute Gasteiger partial charge is 0.327 e. The van der Waals surface area contributed by atoms with Crippen molar-refractivity contribution in [1.82, 2.24) is 15.5 Å². The van der Waals surface area contributed by atoms with Crippen molar-refractivity contribution in [3.63, 3.8) is 0 Å². The van der Waals surface area contributed by atoms with E-state index in [1.807, 2.05) is 92.9 Å². The van der Waals surface area contributed by atoms with Gasteiger partial charge < -0.3 is 14.6 Å². The lowest BCUT2D eigenvalue weighted by Gasteiger charge is -2.35. The third-order valence-corrected chi connectivity index (χ3v) is 6.96. The molecule has 1 unspecified atom stereocenters. The van der Waals surface area contributed by atoms with Gasteiger partial charge in [0.15, 0.2) is 0 Å². The average Bonchev–Trinajstić information content (AvgIpc) is 3.39. The molecule has 182 valence electrons. The molecule has 1 aliphatic rings. The zero-order valence-corrected chi connectivity index (χ0v) is 21.3. The Bertz CT molecular complexity index is 1430. The summed E-state index contributed by atoms with van der Waals surface area (Å²) in [7, 11) is 1.60. The first-order chi connectivity index (χ1) is 17.5. The maximum absolute atomic E-state index is 13.4. The number of aromatic nitrogens is 2. The van der Waals surface area contributed by atoms with Gasteiger partial charge in [0.2, 0.25) is 5.82 Å². The highest BCUT2D eigenvalue weighted by atomic mass is 32.2. The second-order valence-corrected chi connectivity index (χ2v) is 9.36. The highest BCUT2D eigenvalue weighted by Gasteiger charge is 2.36. The lowest BCUT2D eigenvalue weighted by atomic mass is 9.94. The minimum absolute atomic E-state index is 0.248. The Morgan fingerprint density at radius 2 is 1.78 bits per heavy atom. The van der Waals surface area contributed by atoms with E-state index in [-0.39, 0.29) is 6.03 Å². The van der Waals surface area contributed by atoms with Crippen LogP contribution in [0.4, 0.5) is 10.5 Å². The fraction of sp³-hybridized carbons (Fsp3) is 0.179. The van der Waals surface area contributed by atoms with E-state index in [1.54, 1.807) is 23.8 Å². The summed E-state index contributed by atoms with van der Waals surface area (Å²) in [6.07, 6.45) is 2.04. The Hall–Kier alpha value is -4.04. The van der Waals surface area contributed by atoms with Crippen LogP contribution in [-0.4, -0.2) is 29.5 Å². The first-order valence-corrected chi connectivity index (χ1v) is 12.7. The highest BCUT2D eigenvalue weighted by molar-refractivity contribution is 7.98. The zero-order valence-electron chi connectivity index (χ0n) is 20.5. The largest absolute Gasteiger partial charge is 0.497 e. The number of benzene rings is 3. The number of allylic oxidation sites excluding steroid dienone is 1. The molecule has 8 heteroatoms. The molecular weight excluding hydrogens is 472 g/mol. The second kappa shape index (κ2) is 9.91. The van der Waals surface area contributed by atoms with Crippen molar-refractivity contribution >= 4 is 29.1 Å². The molecular formula is C28H26N4O3S. The van der Waals surface area contributed by atoms with E-state index in [4.69, 9.17) is 14.2 Å². The van der Waals surface area contributed by atoms with Crippen molar-refractivity contribution < 1.29 is 14.1 Å². The fourth-order valence-electron chi connectivity index (χ4n) is 4.28. The Balaban J connectivity index is 1.63. The normalized spacial score (nSPS) is 15.7. The molecule has 4 aromatic rings. The van der Waals surface area contributed by atoms with Crippen molar-refractivity contribution in [3.8, 4) is 17.1 Å². The minimum atomic E-state index is -0.452. The van der Waals surface area contributed by atoms with Gasteiger partial charge in [-0.25, -0.2) is 4.79 Å². The van der Waals surface area contributed by atoms with Crippen molar-refractivity contribution in [2.45, 2.75) is 24.8 Å². The Morgan fingerprint density at radius 3 is 2.47 bits per heavy atom. The van der Waals surface area contributed by atoms with Crippen molar-refractivity contribution in [3.05, 3.63) is 95.5 Å². The van der Waals surface area contributed by atoms with Crippen molar-refractivity contribution in [1.29, 1.82) is 0 Å². The molecule has 0 fully saturated rings. The number of thioether (sulfide) groups is 1. The molecule has 36 heavy (non-hydrogen) atoms. The predicted molar refractivity (Wildman–Crippen MR) is 142 cm³/mol. The average molecular weight is 499 g/mol. The van der Waals surface area contributed by atoms with Gasteiger partial charge in [-0.3, -0.25) is 4.90 Å². The van der Waals surface area contributed by atoms with Crippen LogP contribution in [0.2, 0.25) is 0 Å². The molecule has 0 saturated heterocycles. The van der Waals surface area contributed by atoms with Crippen LogP contribution in [0.5, 0.6) is 5.75 Å². The molecule has 0 saturated carbocycles. The summed E-state index contributed by atoms with van der Waals surface area (Å²) in [6, 6.07) is 22.7. The van der Waals surface area contributed by atoms with Gasteiger partial charge >= 0.3 is 6.03 Å². The van der Waals surface area contributed by atoms with E-state index < -0.39 is 6.04 Å². The van der Waals surface area contributed by atoms with Crippen LogP contribution >= 0.6 is 11.8 Å². The van der Waals surface area contributed by atoms with Crippen molar-refractivity contribution in [2.75, 3.05) is 18.3 Å². The standard InChI is InChI=1S/C28H26N4O3S/c1-17-8-10-19(11-9-17)25-24(27-30-26(31-35-27)20-12-14-23(36-4)15-13-20)18(2)32(28(33)29-25)21-6-5-7-22(16-21)34-3/h5-16,25H,1-4H3,(H,29,33). The van der Waals surface area contributed by atoms with E-state index in [1.165, 1.54) is 0 Å². The first-order valence-electron chi connectivity index (χ1n) is 11.5. The van der Waals surface area contributed by atoms with E-state index in [0.717, 1.165) is 27.2 Å². The Kier molecular flexibility index (Phi) is 6.52. The first kappa shape index (κ1) is 23.7. The molecule has 2 amide bonds. The van der Waals surface area contributed by atoms with Gasteiger partial charge in [-0.1, -0.05) is 41.1 Å². The number of aryl methyl sites for hydroxylation is 1. The molecule has 1 aliphatic heterocycles. The highest BCUT2D eigenvalue weighted by Crippen LogP contribution is 2.39. The Labute approximate surface area is 214 Å². The van der Waals surface area contributed by atoms with Gasteiger partial charge in [0.05, 0.1) is 24.4 Å². The van der Waals surface area contributed by atoms with Crippen LogP contribution in [-0.2, 0) is 0 Å². The lowest BCUT2D eigenvalue weighted by molar-refractivity contribution is 0.244. The molecule has 1 aromatic heterocycles. The number of methoxy groups -OCH3 is 1. The van der Waals surface area contributed by atoms with Gasteiger partial charge in [-0.05, 0) is 62.1 Å². The number of nitrogens with one attached hydrogen (secondary N) is 1. The number of rotatable bonds is 6. The maximum atomic E-state index is 13.4. The summed E-state index contributed by atoms with van der Waals surface area (Å²) >= 11 is 1.67. The van der Waals surface area contributed by atoms with Gasteiger partial charge in [0, 0.05) is 22.2 Å². The predicted octanol–water partition coefficient (Wildman–Crippen LogP) is 6.48. The summed E-state index contributed by atoms with van der Waals surface area (Å²) in [4.78, 5) is 20.9. The number of hydrogen-bond acceptors (Lipinski definition) is 6. The quantitative estimate of drug-likeness (QED) is 0.307. The number of amides is 2. The molecule has 0 spiro atoms. The van der Waals surface area contributed by atoms with Gasteiger partial charge in [-0.15, -0.1) is 11.8 Å². The second-order valence-electron chi connectivity index (χ2n) is 8.48. The summed E-state index contributed by atoms with van der Waals surface area (Å²) < 4.78 is 11.2. The number of urea groups is 1. The summed E-state index contributed by atoms with van der Waals surface area (Å²) in [5.41, 5.74) is 5.04. The van der Waals surface area contributed by atoms with E-state index in [9.17, 15) is 4.79 Å². The molecule has 2 heterocycles. The number of anilines is 1. The summed E-state index contributed by atoms with van der Waals surface area (Å²) in [6.45, 7) is 3.92. The van der Waals surface area contributed by atoms with Crippen LogP contribution in [0, 0.1) is 6.92 Å². The van der Waals surface area contributed by atoms with Gasteiger partial charge in [-0.2, -0.15) is 4.98 Å². The van der Waals surface area contributed by atoms with Crippen LogP contribution in [0.15, 0.2) is 87.9 Å². The topological polar surface area (TPSA) is 80.5 Å². The summed E-state index contributed by atoms with van der Waals surface area (Å²) in [5, 5.41) is 7.40. The number of carbonyl (C=O) groups is 1. The number of hydrogen-bond donors (Lipinski definition) is 1. The molecule has 0 bridgehead atoms. The van der Waals surface area contributed by atoms with Crippen LogP contribution < -0.4 is 15.0 Å². The third kappa shape index (κ3) is 4.47. The summed E-state index contributed by atoms with van der Waals surface area (Å²) in [5.74, 6) is 1.50. The van der Waals surface area contributed by atoms with E-state index >= 15 is 0 Å². The van der Waals surface area contributed by atoms with Crippen LogP contribution in [0.1, 0.15) is 30.0 Å². The zero-order chi connectivity index (χ0) is 25.2. The van der Waals surface area contributed by atoms with Gasteiger partial charge in [0.25, 0.3) is 5.89 Å². The molecule has 0 aliphatic carbocycles. The van der Waals surface area contributed by atoms with Crippen LogP contribution in [0.3, 0.4) is 0 Å². The molecule has 1 atom stereocenters. The lowest BCUT2D eigenvalue weighted by Crippen LogP contribution is -2.46. The third-order valence-electron chi connectivity index (χ3n) is 6.21. The SMILES string of the molecule is COc1cccc(N2C(=O)NC(c3ccc(C)cc3)C(c3nc(-c4ccc(SC)cc4)no3)=C2C)c1. The maximum Gasteiger partial charge on any atom is 0.327 e. The molecule has 5 rings (SSSR count). The minimum Gasteiger partial charge on any atom is -0.497 e. The monoisotopic (exact) mass is 498 g/mol. The molecule has 1 N–H and O–H groups in total. The molecule has 0 radical (unpaired) electrons. The van der Waals surface area contributed by atoms with E-state index in [2.05, 4.69) is 10.5 Å². The Morgan fingerprint density at radius 1 is 1.03 bits per heavy atom.